The van der Waals surface area contributed by atoms with Crippen LogP contribution in [0, 0.1) is 0 Å². The van der Waals surface area contributed by atoms with E-state index in [9.17, 15) is 14.7 Å². The lowest BCUT2D eigenvalue weighted by molar-refractivity contribution is 0.0521. The molecule has 1 N–H and O–H groups in total. The number of carbonyl (C=O) groups excluding carboxylic acids is 1. The number of methoxy groups -OCH3 is 1. The molecule has 1 aliphatic heterocycles. The second-order valence-electron chi connectivity index (χ2n) is 7.95. The van der Waals surface area contributed by atoms with Gasteiger partial charge in [-0.05, 0) is 50.3 Å². The monoisotopic (exact) mass is 413 g/mol. The van der Waals surface area contributed by atoms with Gasteiger partial charge in [0.25, 0.3) is 0 Å². The van der Waals surface area contributed by atoms with Gasteiger partial charge in [-0.3, -0.25) is 4.79 Å². The highest BCUT2D eigenvalue weighted by Crippen LogP contribution is 2.50. The molecule has 0 bridgehead atoms. The van der Waals surface area contributed by atoms with Crippen molar-refractivity contribution < 1.29 is 24.1 Å². The van der Waals surface area contributed by atoms with E-state index >= 15 is 0 Å². The van der Waals surface area contributed by atoms with Crippen LogP contribution in [0.5, 0.6) is 11.5 Å². The summed E-state index contributed by atoms with van der Waals surface area (Å²) in [4.78, 5) is 24.9. The zero-order valence-corrected chi connectivity index (χ0v) is 17.4. The van der Waals surface area contributed by atoms with Crippen LogP contribution >= 0.6 is 0 Å². The van der Waals surface area contributed by atoms with Crippen LogP contribution in [0.15, 0.2) is 29.2 Å². The minimum Gasteiger partial charge on any atom is -0.504 e. The van der Waals surface area contributed by atoms with E-state index in [0.29, 0.717) is 19.0 Å². The van der Waals surface area contributed by atoms with Gasteiger partial charge in [-0.1, -0.05) is 0 Å². The predicted octanol–water partition coefficient (Wildman–Crippen LogP) is 3.25. The molecule has 1 fully saturated rings. The molecule has 2 aliphatic rings. The Labute approximate surface area is 175 Å². The summed E-state index contributed by atoms with van der Waals surface area (Å²) in [6, 6.07) is 5.02. The van der Waals surface area contributed by atoms with Crippen LogP contribution < -0.4 is 10.2 Å². The number of rotatable bonds is 7. The molecule has 0 atom stereocenters. The van der Waals surface area contributed by atoms with Crippen LogP contribution in [0.2, 0.25) is 0 Å². The topological polar surface area (TPSA) is 87.0 Å². The third-order valence-electron chi connectivity index (χ3n) is 6.07. The van der Waals surface area contributed by atoms with Gasteiger partial charge in [0.15, 0.2) is 16.9 Å². The smallest absolute Gasteiger partial charge is 0.343 e. The van der Waals surface area contributed by atoms with Crippen molar-refractivity contribution in [1.82, 2.24) is 4.57 Å². The Bertz CT molecular complexity index is 1020. The number of aromatic nitrogens is 1. The number of pyridine rings is 1. The number of esters is 1. The summed E-state index contributed by atoms with van der Waals surface area (Å²) in [6.45, 7) is 2.97. The zero-order valence-electron chi connectivity index (χ0n) is 17.4. The van der Waals surface area contributed by atoms with E-state index in [1.807, 2.05) is 10.6 Å². The van der Waals surface area contributed by atoms with Crippen molar-refractivity contribution in [3.8, 4) is 22.8 Å². The first-order chi connectivity index (χ1) is 14.5. The van der Waals surface area contributed by atoms with Gasteiger partial charge >= 0.3 is 5.97 Å². The number of aromatic hydroxyl groups is 1. The van der Waals surface area contributed by atoms with Crippen LogP contribution in [0.25, 0.3) is 11.3 Å². The molecular formula is C23H27NO6. The molecule has 7 nitrogen and oxygen atoms in total. The fourth-order valence-corrected chi connectivity index (χ4v) is 4.43. The number of nitrogens with zero attached hydrogens (tertiary/aromatic N) is 1. The van der Waals surface area contributed by atoms with Crippen molar-refractivity contribution in [3.05, 3.63) is 45.7 Å². The average molecular weight is 413 g/mol. The quantitative estimate of drug-likeness (QED) is 0.554. The van der Waals surface area contributed by atoms with Gasteiger partial charge in [-0.15, -0.1) is 0 Å². The van der Waals surface area contributed by atoms with Crippen LogP contribution in [0.3, 0.4) is 0 Å². The van der Waals surface area contributed by atoms with Crippen molar-refractivity contribution in [2.24, 2.45) is 0 Å². The van der Waals surface area contributed by atoms with E-state index in [4.69, 9.17) is 14.2 Å². The minimum absolute atomic E-state index is 0.0317. The van der Waals surface area contributed by atoms with Gasteiger partial charge in [0.2, 0.25) is 0 Å². The summed E-state index contributed by atoms with van der Waals surface area (Å²) >= 11 is 0. The molecule has 2 aromatic rings. The molecule has 7 heteroatoms. The highest BCUT2D eigenvalue weighted by Gasteiger charge is 2.43. The summed E-state index contributed by atoms with van der Waals surface area (Å²) < 4.78 is 17.9. The van der Waals surface area contributed by atoms with E-state index in [1.165, 1.54) is 6.07 Å². The maximum Gasteiger partial charge on any atom is 0.343 e. The van der Waals surface area contributed by atoms with Crippen LogP contribution in [0.4, 0.5) is 0 Å². The summed E-state index contributed by atoms with van der Waals surface area (Å²) in [5.74, 6) is -0.122. The molecule has 0 saturated heterocycles. The van der Waals surface area contributed by atoms with Crippen molar-refractivity contribution >= 4 is 5.97 Å². The first kappa shape index (κ1) is 20.5. The zero-order chi connectivity index (χ0) is 21.3. The molecule has 0 amide bonds. The van der Waals surface area contributed by atoms with Crippen LogP contribution in [-0.4, -0.2) is 42.6 Å². The molecule has 0 radical (unpaired) electrons. The molecule has 1 aromatic carbocycles. The SMILES string of the molecule is CCOC(=O)c1cn2c(cc1=O)-c1cc(O)c(OCCCOC)cc1CC21CCC1. The minimum atomic E-state index is -0.597. The molecule has 0 unspecified atom stereocenters. The number of fused-ring (bicyclic) bond motifs is 4. The maximum atomic E-state index is 12.7. The summed E-state index contributed by atoms with van der Waals surface area (Å²) in [7, 11) is 1.64. The van der Waals surface area contributed by atoms with E-state index in [-0.39, 0.29) is 28.9 Å². The summed E-state index contributed by atoms with van der Waals surface area (Å²) in [5.41, 5.74) is 2.07. The molecule has 1 aromatic heterocycles. The third-order valence-corrected chi connectivity index (χ3v) is 6.07. The van der Waals surface area contributed by atoms with Gasteiger partial charge in [0.1, 0.15) is 5.56 Å². The number of benzene rings is 1. The lowest BCUT2D eigenvalue weighted by Crippen LogP contribution is -2.46. The Morgan fingerprint density at radius 2 is 2.03 bits per heavy atom. The number of hydrogen-bond acceptors (Lipinski definition) is 6. The Kier molecular flexibility index (Phi) is 5.56. The number of ether oxygens (including phenoxy) is 3. The van der Waals surface area contributed by atoms with Gasteiger partial charge in [0.05, 0.1) is 18.9 Å². The Hall–Kier alpha value is -2.80. The number of carbonyl (C=O) groups is 1. The molecule has 1 spiro atoms. The van der Waals surface area contributed by atoms with Gasteiger partial charge in [0, 0.05) is 43.5 Å². The lowest BCUT2D eigenvalue weighted by atomic mass is 9.69. The Morgan fingerprint density at radius 3 is 2.70 bits per heavy atom. The summed E-state index contributed by atoms with van der Waals surface area (Å²) in [6.07, 6.45) is 6.16. The second-order valence-corrected chi connectivity index (χ2v) is 7.95. The summed E-state index contributed by atoms with van der Waals surface area (Å²) in [5, 5.41) is 10.5. The van der Waals surface area contributed by atoms with Crippen LogP contribution in [-0.2, 0) is 21.4 Å². The van der Waals surface area contributed by atoms with E-state index in [0.717, 1.165) is 48.9 Å². The van der Waals surface area contributed by atoms with Crippen molar-refractivity contribution in [2.75, 3.05) is 26.9 Å². The van der Waals surface area contributed by atoms with Crippen molar-refractivity contribution in [2.45, 2.75) is 44.6 Å². The molecule has 160 valence electrons. The molecule has 2 heterocycles. The molecule has 30 heavy (non-hydrogen) atoms. The Balaban J connectivity index is 1.76. The molecule has 1 aliphatic carbocycles. The standard InChI is InChI=1S/C23H27NO6/c1-3-29-22(27)17-14-24-18(12-19(17)25)16-11-20(26)21(30-9-5-8-28-2)10-15(16)13-23(24)6-4-7-23/h10-12,14,26H,3-9,13H2,1-2H3. The van der Waals surface area contributed by atoms with Gasteiger partial charge in [-0.25, -0.2) is 4.79 Å². The molecule has 4 rings (SSSR count). The second kappa shape index (κ2) is 8.14. The largest absolute Gasteiger partial charge is 0.504 e. The van der Waals surface area contributed by atoms with E-state index in [1.54, 1.807) is 26.3 Å². The first-order valence-corrected chi connectivity index (χ1v) is 10.4. The van der Waals surface area contributed by atoms with E-state index in [2.05, 4.69) is 0 Å². The van der Waals surface area contributed by atoms with Crippen LogP contribution in [0.1, 0.15) is 48.5 Å². The maximum absolute atomic E-state index is 12.7. The predicted molar refractivity (Wildman–Crippen MR) is 111 cm³/mol. The number of hydrogen-bond donors (Lipinski definition) is 1. The molecule has 1 saturated carbocycles. The first-order valence-electron chi connectivity index (χ1n) is 10.4. The fourth-order valence-electron chi connectivity index (χ4n) is 4.43. The number of phenols is 1. The van der Waals surface area contributed by atoms with E-state index < -0.39 is 5.97 Å². The highest BCUT2D eigenvalue weighted by molar-refractivity contribution is 5.89. The van der Waals surface area contributed by atoms with Crippen molar-refractivity contribution in [3.63, 3.8) is 0 Å². The highest BCUT2D eigenvalue weighted by atomic mass is 16.5. The van der Waals surface area contributed by atoms with Gasteiger partial charge < -0.3 is 23.9 Å². The normalized spacial score (nSPS) is 15.8. The Morgan fingerprint density at radius 1 is 1.23 bits per heavy atom. The average Bonchev–Trinajstić information content (AvgIpc) is 2.69. The number of phenolic OH excluding ortho intramolecular Hbond substituents is 1. The lowest BCUT2D eigenvalue weighted by Gasteiger charge is -2.48. The third kappa shape index (κ3) is 3.47. The van der Waals surface area contributed by atoms with Crippen molar-refractivity contribution in [1.29, 1.82) is 0 Å². The van der Waals surface area contributed by atoms with Gasteiger partial charge in [-0.2, -0.15) is 0 Å². The fraction of sp³-hybridized carbons (Fsp3) is 0.478. The molecular weight excluding hydrogens is 386 g/mol.